The van der Waals surface area contributed by atoms with Gasteiger partial charge in [0.2, 0.25) is 0 Å². The lowest BCUT2D eigenvalue weighted by atomic mass is 10.2. The largest absolute Gasteiger partial charge is 0.419 e. The number of alkyl halides is 3. The first-order chi connectivity index (χ1) is 8.47. The average Bonchev–Trinajstić information content (AvgIpc) is 2.79. The highest BCUT2D eigenvalue weighted by atomic mass is 79.9. The van der Waals surface area contributed by atoms with E-state index in [0.29, 0.717) is 5.69 Å². The zero-order valence-electron chi connectivity index (χ0n) is 8.92. The van der Waals surface area contributed by atoms with Crippen LogP contribution in [0.5, 0.6) is 0 Å². The molecule has 2 aromatic heterocycles. The van der Waals surface area contributed by atoms with E-state index >= 15 is 0 Å². The Morgan fingerprint density at radius 3 is 2.72 bits per heavy atom. The van der Waals surface area contributed by atoms with E-state index in [0.717, 1.165) is 6.07 Å². The molecule has 0 bridgehead atoms. The SMILES string of the molecule is FC(F)(F)c1cc(Br)cnc1NCc1cnc[nH]1. The molecule has 0 aliphatic heterocycles. The van der Waals surface area contributed by atoms with Crippen molar-refractivity contribution < 1.29 is 13.2 Å². The van der Waals surface area contributed by atoms with Crippen molar-refractivity contribution in [2.75, 3.05) is 5.32 Å². The van der Waals surface area contributed by atoms with Crippen LogP contribution in [-0.4, -0.2) is 15.0 Å². The lowest BCUT2D eigenvalue weighted by Gasteiger charge is -2.13. The lowest BCUT2D eigenvalue weighted by Crippen LogP contribution is -2.12. The van der Waals surface area contributed by atoms with E-state index in [9.17, 15) is 13.2 Å². The van der Waals surface area contributed by atoms with Crippen LogP contribution in [0.15, 0.2) is 29.3 Å². The zero-order valence-corrected chi connectivity index (χ0v) is 10.5. The number of hydrogen-bond donors (Lipinski definition) is 2. The summed E-state index contributed by atoms with van der Waals surface area (Å²) in [7, 11) is 0. The monoisotopic (exact) mass is 320 g/mol. The van der Waals surface area contributed by atoms with Crippen molar-refractivity contribution in [3.05, 3.63) is 40.5 Å². The minimum atomic E-state index is -4.45. The molecule has 0 aliphatic carbocycles. The van der Waals surface area contributed by atoms with Crippen LogP contribution in [0, 0.1) is 0 Å². The van der Waals surface area contributed by atoms with Crippen molar-refractivity contribution in [1.29, 1.82) is 0 Å². The standard InChI is InChI=1S/C10H8BrF3N4/c11-6-1-8(10(12,13)14)9(16-2-6)17-4-7-3-15-5-18-7/h1-3,5H,4H2,(H,15,18)(H,16,17). The molecule has 2 N–H and O–H groups in total. The zero-order chi connectivity index (χ0) is 13.2. The molecule has 96 valence electrons. The number of anilines is 1. The van der Waals surface area contributed by atoms with Gasteiger partial charge in [-0.25, -0.2) is 9.97 Å². The van der Waals surface area contributed by atoms with Gasteiger partial charge in [-0.3, -0.25) is 0 Å². The highest BCUT2D eigenvalue weighted by Gasteiger charge is 2.34. The third-order valence-corrected chi connectivity index (χ3v) is 2.59. The summed E-state index contributed by atoms with van der Waals surface area (Å²) in [5, 5.41) is 2.63. The van der Waals surface area contributed by atoms with Crippen LogP contribution in [0.4, 0.5) is 19.0 Å². The predicted molar refractivity (Wildman–Crippen MR) is 62.9 cm³/mol. The molecule has 0 radical (unpaired) electrons. The Bertz CT molecular complexity index is 524. The minimum Gasteiger partial charge on any atom is -0.364 e. The summed E-state index contributed by atoms with van der Waals surface area (Å²) in [5.74, 6) is -0.208. The van der Waals surface area contributed by atoms with Crippen LogP contribution in [0.25, 0.3) is 0 Å². The molecule has 2 heterocycles. The smallest absolute Gasteiger partial charge is 0.364 e. The van der Waals surface area contributed by atoms with Gasteiger partial charge >= 0.3 is 6.18 Å². The van der Waals surface area contributed by atoms with Crippen molar-refractivity contribution in [2.24, 2.45) is 0 Å². The van der Waals surface area contributed by atoms with Crippen LogP contribution in [0.3, 0.4) is 0 Å². The third-order valence-electron chi connectivity index (χ3n) is 2.16. The van der Waals surface area contributed by atoms with Gasteiger partial charge in [-0.15, -0.1) is 0 Å². The molecule has 2 aromatic rings. The Hall–Kier alpha value is -1.57. The van der Waals surface area contributed by atoms with Gasteiger partial charge in [0.25, 0.3) is 0 Å². The number of H-pyrrole nitrogens is 1. The second kappa shape index (κ2) is 4.97. The van der Waals surface area contributed by atoms with Crippen LogP contribution in [-0.2, 0) is 12.7 Å². The van der Waals surface area contributed by atoms with Crippen molar-refractivity contribution in [3.63, 3.8) is 0 Å². The van der Waals surface area contributed by atoms with Gasteiger partial charge in [-0.2, -0.15) is 13.2 Å². The molecule has 0 spiro atoms. The molecule has 0 unspecified atom stereocenters. The first-order valence-electron chi connectivity index (χ1n) is 4.90. The maximum atomic E-state index is 12.8. The molecular formula is C10H8BrF3N4. The van der Waals surface area contributed by atoms with Gasteiger partial charge in [0, 0.05) is 16.9 Å². The van der Waals surface area contributed by atoms with Crippen LogP contribution < -0.4 is 5.32 Å². The van der Waals surface area contributed by atoms with E-state index in [1.807, 2.05) is 0 Å². The summed E-state index contributed by atoms with van der Waals surface area (Å²) in [6.45, 7) is 0.192. The normalized spacial score (nSPS) is 11.6. The minimum absolute atomic E-state index is 0.192. The van der Waals surface area contributed by atoms with Gasteiger partial charge in [0.05, 0.1) is 24.1 Å². The quantitative estimate of drug-likeness (QED) is 0.913. The second-order valence-corrected chi connectivity index (χ2v) is 4.39. The van der Waals surface area contributed by atoms with E-state index < -0.39 is 11.7 Å². The van der Waals surface area contributed by atoms with Gasteiger partial charge in [0.1, 0.15) is 5.82 Å². The molecule has 0 aromatic carbocycles. The topological polar surface area (TPSA) is 53.6 Å². The van der Waals surface area contributed by atoms with E-state index in [1.165, 1.54) is 18.7 Å². The van der Waals surface area contributed by atoms with Crippen LogP contribution in [0.2, 0.25) is 0 Å². The summed E-state index contributed by atoms with van der Waals surface area (Å²) in [6.07, 6.45) is -0.159. The Kier molecular flexibility index (Phi) is 3.55. The number of aromatic nitrogens is 3. The number of pyridine rings is 1. The average molecular weight is 321 g/mol. The Morgan fingerprint density at radius 1 is 1.33 bits per heavy atom. The molecular weight excluding hydrogens is 313 g/mol. The molecule has 18 heavy (non-hydrogen) atoms. The van der Waals surface area contributed by atoms with Crippen molar-refractivity contribution in [3.8, 4) is 0 Å². The molecule has 8 heteroatoms. The lowest BCUT2D eigenvalue weighted by molar-refractivity contribution is -0.137. The molecule has 0 saturated carbocycles. The number of aromatic amines is 1. The maximum absolute atomic E-state index is 12.8. The fourth-order valence-corrected chi connectivity index (χ4v) is 1.69. The first-order valence-corrected chi connectivity index (χ1v) is 5.70. The van der Waals surface area contributed by atoms with Crippen molar-refractivity contribution in [2.45, 2.75) is 12.7 Å². The molecule has 0 amide bonds. The Labute approximate surface area is 109 Å². The van der Waals surface area contributed by atoms with Crippen LogP contribution >= 0.6 is 15.9 Å². The van der Waals surface area contributed by atoms with E-state index in [1.54, 1.807) is 0 Å². The number of imidazole rings is 1. The van der Waals surface area contributed by atoms with Gasteiger partial charge < -0.3 is 10.3 Å². The summed E-state index contributed by atoms with van der Waals surface area (Å²) < 4.78 is 38.6. The number of nitrogens with one attached hydrogen (secondary N) is 2. The predicted octanol–water partition coefficient (Wildman–Crippen LogP) is 3.20. The number of rotatable bonds is 3. The summed E-state index contributed by atoms with van der Waals surface area (Å²) in [6, 6.07) is 0.988. The Morgan fingerprint density at radius 2 is 2.11 bits per heavy atom. The number of halogens is 4. The molecule has 0 atom stereocenters. The highest BCUT2D eigenvalue weighted by molar-refractivity contribution is 9.10. The summed E-state index contributed by atoms with van der Waals surface area (Å²) in [5.41, 5.74) is -0.135. The molecule has 2 rings (SSSR count). The van der Waals surface area contributed by atoms with Crippen LogP contribution in [0.1, 0.15) is 11.3 Å². The summed E-state index contributed by atoms with van der Waals surface area (Å²) in [4.78, 5) is 10.3. The van der Waals surface area contributed by atoms with E-state index in [-0.39, 0.29) is 16.8 Å². The fraction of sp³-hybridized carbons (Fsp3) is 0.200. The first kappa shape index (κ1) is 12.9. The molecule has 0 fully saturated rings. The number of hydrogen-bond acceptors (Lipinski definition) is 3. The molecule has 0 saturated heterocycles. The molecule has 4 nitrogen and oxygen atoms in total. The van der Waals surface area contributed by atoms with Gasteiger partial charge in [0.15, 0.2) is 0 Å². The van der Waals surface area contributed by atoms with Crippen molar-refractivity contribution in [1.82, 2.24) is 15.0 Å². The van der Waals surface area contributed by atoms with E-state index in [4.69, 9.17) is 0 Å². The van der Waals surface area contributed by atoms with E-state index in [2.05, 4.69) is 36.2 Å². The number of nitrogens with zero attached hydrogens (tertiary/aromatic N) is 2. The van der Waals surface area contributed by atoms with Gasteiger partial charge in [-0.05, 0) is 22.0 Å². The Balaban J connectivity index is 2.22. The maximum Gasteiger partial charge on any atom is 0.419 e. The van der Waals surface area contributed by atoms with Gasteiger partial charge in [-0.1, -0.05) is 0 Å². The van der Waals surface area contributed by atoms with Crippen molar-refractivity contribution >= 4 is 21.7 Å². The summed E-state index contributed by atoms with van der Waals surface area (Å²) >= 11 is 2.97. The fourth-order valence-electron chi connectivity index (χ4n) is 1.36. The molecule has 0 aliphatic rings. The second-order valence-electron chi connectivity index (χ2n) is 3.48. The third kappa shape index (κ3) is 3.00. The highest BCUT2D eigenvalue weighted by Crippen LogP contribution is 2.35.